The van der Waals surface area contributed by atoms with Gasteiger partial charge < -0.3 is 14.5 Å². The zero-order valence-corrected chi connectivity index (χ0v) is 15.2. The number of carbonyl (C=O) groups excluding carboxylic acids is 2. The largest absolute Gasteiger partial charge is 0.378 e. The Bertz CT molecular complexity index is 660. The van der Waals surface area contributed by atoms with Gasteiger partial charge >= 0.3 is 0 Å². The summed E-state index contributed by atoms with van der Waals surface area (Å²) in [5.41, 5.74) is 0.792. The lowest BCUT2D eigenvalue weighted by atomic mass is 9.76. The van der Waals surface area contributed by atoms with Gasteiger partial charge in [-0.1, -0.05) is 12.5 Å². The molecule has 1 spiro atoms. The molecule has 2 aliphatic heterocycles. The third-order valence-corrected chi connectivity index (χ3v) is 6.32. The Morgan fingerprint density at radius 1 is 1.15 bits per heavy atom. The Morgan fingerprint density at radius 3 is 2.77 bits per heavy atom. The molecule has 1 aromatic heterocycles. The molecule has 3 fully saturated rings. The molecule has 140 valence electrons. The molecule has 3 aliphatic rings. The third-order valence-electron chi connectivity index (χ3n) is 6.32. The molecule has 26 heavy (non-hydrogen) atoms. The summed E-state index contributed by atoms with van der Waals surface area (Å²) in [7, 11) is 0. The average molecular weight is 357 g/mol. The Labute approximate surface area is 154 Å². The second-order valence-electron chi connectivity index (χ2n) is 7.81. The lowest BCUT2D eigenvalue weighted by molar-refractivity contribution is -0.143. The van der Waals surface area contributed by atoms with Crippen LogP contribution >= 0.6 is 0 Å². The van der Waals surface area contributed by atoms with E-state index in [1.165, 1.54) is 0 Å². The summed E-state index contributed by atoms with van der Waals surface area (Å²) in [6.07, 6.45) is 6.12. The molecule has 4 rings (SSSR count). The summed E-state index contributed by atoms with van der Waals surface area (Å²) in [6.45, 7) is 4.17. The summed E-state index contributed by atoms with van der Waals surface area (Å²) in [5.74, 6) is 0.475. The van der Waals surface area contributed by atoms with Gasteiger partial charge in [0.05, 0.1) is 19.6 Å². The first kappa shape index (κ1) is 17.5. The number of hydrogen-bond acceptors (Lipinski definition) is 4. The second-order valence-corrected chi connectivity index (χ2v) is 7.81. The van der Waals surface area contributed by atoms with Crippen molar-refractivity contribution in [3.8, 4) is 0 Å². The quantitative estimate of drug-likeness (QED) is 0.822. The van der Waals surface area contributed by atoms with Crippen LogP contribution in [0.15, 0.2) is 24.4 Å². The topological polar surface area (TPSA) is 62.7 Å². The Balaban J connectivity index is 1.42. The van der Waals surface area contributed by atoms with Crippen LogP contribution in [0.25, 0.3) is 0 Å². The lowest BCUT2D eigenvalue weighted by Gasteiger charge is -2.36. The normalized spacial score (nSPS) is 28.7. The van der Waals surface area contributed by atoms with Crippen molar-refractivity contribution in [2.75, 3.05) is 39.4 Å². The zero-order valence-electron chi connectivity index (χ0n) is 15.2. The second kappa shape index (κ2) is 7.35. The van der Waals surface area contributed by atoms with Crippen molar-refractivity contribution >= 4 is 11.8 Å². The first-order valence-electron chi connectivity index (χ1n) is 9.72. The number of pyridine rings is 1. The monoisotopic (exact) mass is 357 g/mol. The minimum absolute atomic E-state index is 0.0187. The van der Waals surface area contributed by atoms with Crippen molar-refractivity contribution in [2.45, 2.75) is 32.1 Å². The van der Waals surface area contributed by atoms with E-state index in [1.807, 2.05) is 28.0 Å². The van der Waals surface area contributed by atoms with Gasteiger partial charge in [0.1, 0.15) is 0 Å². The highest BCUT2D eigenvalue weighted by Gasteiger charge is 2.52. The van der Waals surface area contributed by atoms with Crippen LogP contribution in [0.5, 0.6) is 0 Å². The fourth-order valence-corrected chi connectivity index (χ4v) is 4.89. The lowest BCUT2D eigenvalue weighted by Crippen LogP contribution is -2.47. The standard InChI is InChI=1S/C20H27N3O3/c24-18(14-16-4-1-2-8-21-16)23-9-7-20(15-23)6-3-5-17(20)19(25)22-10-12-26-13-11-22/h1-2,4,8,17H,3,5-7,9-15H2/t17-,20-/m1/s1. The number of rotatable bonds is 3. The van der Waals surface area contributed by atoms with Crippen LogP contribution in [0.3, 0.4) is 0 Å². The fourth-order valence-electron chi connectivity index (χ4n) is 4.89. The summed E-state index contributed by atoms with van der Waals surface area (Å²) in [6, 6.07) is 5.67. The maximum Gasteiger partial charge on any atom is 0.228 e. The van der Waals surface area contributed by atoms with E-state index < -0.39 is 0 Å². The first-order chi connectivity index (χ1) is 12.7. The summed E-state index contributed by atoms with van der Waals surface area (Å²) in [4.78, 5) is 34.0. The van der Waals surface area contributed by atoms with Crippen molar-refractivity contribution < 1.29 is 14.3 Å². The highest BCUT2D eigenvalue weighted by Crippen LogP contribution is 2.50. The van der Waals surface area contributed by atoms with E-state index in [1.54, 1.807) is 6.20 Å². The molecule has 0 aromatic carbocycles. The van der Waals surface area contributed by atoms with Crippen molar-refractivity contribution in [2.24, 2.45) is 11.3 Å². The maximum absolute atomic E-state index is 13.1. The molecule has 0 radical (unpaired) electrons. The van der Waals surface area contributed by atoms with E-state index in [4.69, 9.17) is 4.74 Å². The molecule has 1 saturated carbocycles. The Hall–Kier alpha value is -1.95. The summed E-state index contributed by atoms with van der Waals surface area (Å²) < 4.78 is 5.38. The van der Waals surface area contributed by atoms with Gasteiger partial charge in [-0.25, -0.2) is 0 Å². The maximum atomic E-state index is 13.1. The predicted octanol–water partition coefficient (Wildman–Crippen LogP) is 1.50. The van der Waals surface area contributed by atoms with Crippen LogP contribution in [0.2, 0.25) is 0 Å². The molecular weight excluding hydrogens is 330 g/mol. The van der Waals surface area contributed by atoms with Crippen LogP contribution in [-0.4, -0.2) is 66.0 Å². The number of aromatic nitrogens is 1. The van der Waals surface area contributed by atoms with Gasteiger partial charge in [0.2, 0.25) is 11.8 Å². The highest BCUT2D eigenvalue weighted by molar-refractivity contribution is 5.81. The Kier molecular flexibility index (Phi) is 4.94. The van der Waals surface area contributed by atoms with Gasteiger partial charge in [0, 0.05) is 49.4 Å². The molecular formula is C20H27N3O3. The first-order valence-corrected chi connectivity index (χ1v) is 9.72. The fraction of sp³-hybridized carbons (Fsp3) is 0.650. The zero-order chi connectivity index (χ0) is 18.0. The molecule has 0 N–H and O–H groups in total. The average Bonchev–Trinajstić information content (AvgIpc) is 3.30. The predicted molar refractivity (Wildman–Crippen MR) is 96.3 cm³/mol. The molecule has 2 saturated heterocycles. The van der Waals surface area contributed by atoms with E-state index in [0.717, 1.165) is 44.5 Å². The van der Waals surface area contributed by atoms with E-state index in [9.17, 15) is 9.59 Å². The van der Waals surface area contributed by atoms with Gasteiger partial charge in [0.15, 0.2) is 0 Å². The molecule has 0 bridgehead atoms. The van der Waals surface area contributed by atoms with E-state index >= 15 is 0 Å². The van der Waals surface area contributed by atoms with Crippen molar-refractivity contribution in [3.05, 3.63) is 30.1 Å². The smallest absolute Gasteiger partial charge is 0.228 e. The molecule has 3 heterocycles. The number of carbonyl (C=O) groups is 2. The van der Waals surface area contributed by atoms with Gasteiger partial charge in [0.25, 0.3) is 0 Å². The molecule has 6 nitrogen and oxygen atoms in total. The summed E-state index contributed by atoms with van der Waals surface area (Å²) >= 11 is 0. The number of morpholine rings is 1. The molecule has 2 atom stereocenters. The van der Waals surface area contributed by atoms with E-state index in [-0.39, 0.29) is 23.1 Å². The number of amides is 2. The number of nitrogens with zero attached hydrogens (tertiary/aromatic N) is 3. The number of ether oxygens (including phenoxy) is 1. The SMILES string of the molecule is O=C(Cc1ccccn1)N1CC[C@]2(CCC[C@@H]2C(=O)N2CCOCC2)C1. The van der Waals surface area contributed by atoms with Crippen LogP contribution in [0, 0.1) is 11.3 Å². The molecule has 1 aliphatic carbocycles. The van der Waals surface area contributed by atoms with Gasteiger partial charge in [-0.2, -0.15) is 0 Å². The van der Waals surface area contributed by atoms with Crippen molar-refractivity contribution in [3.63, 3.8) is 0 Å². The summed E-state index contributed by atoms with van der Waals surface area (Å²) in [5, 5.41) is 0. The Morgan fingerprint density at radius 2 is 2.00 bits per heavy atom. The highest BCUT2D eigenvalue weighted by atomic mass is 16.5. The van der Waals surface area contributed by atoms with Gasteiger partial charge in [-0.15, -0.1) is 0 Å². The number of likely N-dealkylation sites (tertiary alicyclic amines) is 1. The van der Waals surface area contributed by atoms with Crippen LogP contribution in [0.4, 0.5) is 0 Å². The van der Waals surface area contributed by atoms with Crippen molar-refractivity contribution in [1.82, 2.24) is 14.8 Å². The van der Waals surface area contributed by atoms with Crippen LogP contribution < -0.4 is 0 Å². The molecule has 0 unspecified atom stereocenters. The molecule has 2 amide bonds. The van der Waals surface area contributed by atoms with Gasteiger partial charge in [-0.3, -0.25) is 14.6 Å². The minimum Gasteiger partial charge on any atom is -0.378 e. The minimum atomic E-state index is -0.0187. The van der Waals surface area contributed by atoms with Crippen LogP contribution in [0.1, 0.15) is 31.4 Å². The van der Waals surface area contributed by atoms with E-state index in [2.05, 4.69) is 4.98 Å². The van der Waals surface area contributed by atoms with E-state index in [0.29, 0.717) is 32.7 Å². The molecule has 6 heteroatoms. The van der Waals surface area contributed by atoms with Gasteiger partial charge in [-0.05, 0) is 31.4 Å². The van der Waals surface area contributed by atoms with Crippen LogP contribution in [-0.2, 0) is 20.7 Å². The number of hydrogen-bond donors (Lipinski definition) is 0. The van der Waals surface area contributed by atoms with Crippen molar-refractivity contribution in [1.29, 1.82) is 0 Å². The molecule has 1 aromatic rings. The third kappa shape index (κ3) is 3.34.